The highest BCUT2D eigenvalue weighted by molar-refractivity contribution is 4.78. The summed E-state index contributed by atoms with van der Waals surface area (Å²) < 4.78 is 5.72. The Kier molecular flexibility index (Phi) is 14.7. The molecule has 1 atom stereocenters. The molecule has 1 heterocycles. The van der Waals surface area contributed by atoms with Gasteiger partial charge in [-0.1, -0.05) is 41.0 Å². The van der Waals surface area contributed by atoms with E-state index in [0.717, 1.165) is 39.4 Å². The van der Waals surface area contributed by atoms with E-state index in [0.29, 0.717) is 12.1 Å². The van der Waals surface area contributed by atoms with Crippen molar-refractivity contribution in [3.8, 4) is 0 Å². The van der Waals surface area contributed by atoms with Crippen LogP contribution < -0.4 is 10.6 Å². The lowest BCUT2D eigenvalue weighted by Gasteiger charge is -2.35. The summed E-state index contributed by atoms with van der Waals surface area (Å²) in [5.74, 6) is 0. The van der Waals surface area contributed by atoms with Gasteiger partial charge >= 0.3 is 0 Å². The Morgan fingerprint density at radius 3 is 2.62 bits per heavy atom. The van der Waals surface area contributed by atoms with Crippen molar-refractivity contribution in [2.75, 3.05) is 45.9 Å². The molecule has 0 amide bonds. The zero-order valence-corrected chi connectivity index (χ0v) is 15.1. The first-order valence-electron chi connectivity index (χ1n) is 9.00. The van der Waals surface area contributed by atoms with Gasteiger partial charge in [-0.2, -0.15) is 0 Å². The van der Waals surface area contributed by atoms with Crippen molar-refractivity contribution >= 4 is 0 Å². The third-order valence-electron chi connectivity index (χ3n) is 3.70. The minimum atomic E-state index is 0.551. The fourth-order valence-corrected chi connectivity index (χ4v) is 2.60. The van der Waals surface area contributed by atoms with Crippen molar-refractivity contribution in [1.82, 2.24) is 15.5 Å². The van der Waals surface area contributed by atoms with Crippen LogP contribution in [0.5, 0.6) is 0 Å². The number of likely N-dealkylation sites (N-methyl/N-ethyl adjacent to an activating group) is 1. The molecule has 0 bridgehead atoms. The Morgan fingerprint density at radius 2 is 1.95 bits per heavy atom. The summed E-state index contributed by atoms with van der Waals surface area (Å²) in [6.45, 7) is 17.7. The Morgan fingerprint density at radius 1 is 1.19 bits per heavy atom. The van der Waals surface area contributed by atoms with Gasteiger partial charge in [-0.25, -0.2) is 0 Å². The molecule has 0 aromatic heterocycles. The number of rotatable bonds is 10. The van der Waals surface area contributed by atoms with Gasteiger partial charge in [0.25, 0.3) is 0 Å². The topological polar surface area (TPSA) is 36.5 Å². The predicted molar refractivity (Wildman–Crippen MR) is 93.1 cm³/mol. The van der Waals surface area contributed by atoms with Crippen LogP contribution in [0, 0.1) is 0 Å². The monoisotopic (exact) mass is 301 g/mol. The molecule has 128 valence electrons. The fourth-order valence-electron chi connectivity index (χ4n) is 2.60. The average Bonchev–Trinajstić information content (AvgIpc) is 2.51. The van der Waals surface area contributed by atoms with E-state index in [9.17, 15) is 0 Å². The molecule has 1 rings (SSSR count). The molecule has 0 aromatic carbocycles. The first kappa shape index (κ1) is 20.8. The van der Waals surface area contributed by atoms with Crippen LogP contribution in [-0.2, 0) is 4.74 Å². The molecule has 0 radical (unpaired) electrons. The van der Waals surface area contributed by atoms with E-state index in [1.54, 1.807) is 0 Å². The fraction of sp³-hybridized carbons (Fsp3) is 1.00. The quantitative estimate of drug-likeness (QED) is 0.608. The van der Waals surface area contributed by atoms with Crippen LogP contribution in [-0.4, -0.2) is 62.9 Å². The molecule has 0 spiro atoms. The number of hydrogen-bond donors (Lipinski definition) is 2. The van der Waals surface area contributed by atoms with E-state index in [4.69, 9.17) is 4.74 Å². The molecule has 1 aliphatic rings. The maximum Gasteiger partial charge on any atom is 0.0594 e. The minimum Gasteiger partial charge on any atom is -0.379 e. The normalized spacial score (nSPS) is 19.4. The molecule has 1 aliphatic heterocycles. The van der Waals surface area contributed by atoms with E-state index in [-0.39, 0.29) is 0 Å². The molecule has 0 aromatic rings. The lowest BCUT2D eigenvalue weighted by molar-refractivity contribution is 0.0722. The van der Waals surface area contributed by atoms with Gasteiger partial charge < -0.3 is 15.4 Å². The number of piperidine rings is 1. The van der Waals surface area contributed by atoms with Gasteiger partial charge in [-0.05, 0) is 25.9 Å². The molecule has 1 saturated heterocycles. The third-order valence-corrected chi connectivity index (χ3v) is 3.70. The molecule has 0 aliphatic carbocycles. The van der Waals surface area contributed by atoms with E-state index < -0.39 is 0 Å². The van der Waals surface area contributed by atoms with Crippen molar-refractivity contribution in [3.05, 3.63) is 0 Å². The van der Waals surface area contributed by atoms with Gasteiger partial charge in [0.1, 0.15) is 0 Å². The molecule has 4 nitrogen and oxygen atoms in total. The Hall–Kier alpha value is -0.160. The van der Waals surface area contributed by atoms with E-state index in [1.165, 1.54) is 25.8 Å². The average molecular weight is 302 g/mol. The number of nitrogens with one attached hydrogen (secondary N) is 2. The summed E-state index contributed by atoms with van der Waals surface area (Å²) in [4.78, 5) is 2.60. The van der Waals surface area contributed by atoms with Crippen LogP contribution in [0.3, 0.4) is 0 Å². The molecule has 1 unspecified atom stereocenters. The van der Waals surface area contributed by atoms with Gasteiger partial charge in [0.05, 0.1) is 13.2 Å². The molecule has 1 fully saturated rings. The van der Waals surface area contributed by atoms with E-state index in [2.05, 4.69) is 36.3 Å². The van der Waals surface area contributed by atoms with Crippen LogP contribution >= 0.6 is 0 Å². The largest absolute Gasteiger partial charge is 0.379 e. The van der Waals surface area contributed by atoms with E-state index >= 15 is 0 Å². The summed E-state index contributed by atoms with van der Waals surface area (Å²) in [5.41, 5.74) is 0. The van der Waals surface area contributed by atoms with Crippen LogP contribution in [0.2, 0.25) is 0 Å². The summed E-state index contributed by atoms with van der Waals surface area (Å²) in [7, 11) is 0. The Balaban J connectivity index is 0.00000191. The van der Waals surface area contributed by atoms with E-state index in [1.807, 2.05) is 13.8 Å². The number of hydrogen-bond acceptors (Lipinski definition) is 4. The highest BCUT2D eigenvalue weighted by Gasteiger charge is 2.21. The zero-order valence-electron chi connectivity index (χ0n) is 15.1. The highest BCUT2D eigenvalue weighted by Crippen LogP contribution is 2.15. The second-order valence-corrected chi connectivity index (χ2v) is 5.71. The van der Waals surface area contributed by atoms with Gasteiger partial charge in [-0.3, -0.25) is 4.90 Å². The Labute approximate surface area is 133 Å². The second-order valence-electron chi connectivity index (χ2n) is 5.71. The molecular formula is C17H39N3O. The van der Waals surface area contributed by atoms with Gasteiger partial charge in [0.2, 0.25) is 0 Å². The molecule has 2 N–H and O–H groups in total. The number of likely N-dealkylation sites (tertiary alicyclic amines) is 1. The van der Waals surface area contributed by atoms with Crippen molar-refractivity contribution in [2.45, 2.75) is 66.0 Å². The number of ether oxygens (including phenoxy) is 1. The lowest BCUT2D eigenvalue weighted by atomic mass is 10.0. The van der Waals surface area contributed by atoms with Gasteiger partial charge in [-0.15, -0.1) is 0 Å². The lowest BCUT2D eigenvalue weighted by Crippen LogP contribution is -2.46. The van der Waals surface area contributed by atoms with Crippen molar-refractivity contribution in [1.29, 1.82) is 0 Å². The zero-order chi connectivity index (χ0) is 15.9. The first-order valence-corrected chi connectivity index (χ1v) is 9.00. The molecule has 21 heavy (non-hydrogen) atoms. The summed E-state index contributed by atoms with van der Waals surface area (Å²) >= 11 is 0. The van der Waals surface area contributed by atoms with Crippen LogP contribution in [0.25, 0.3) is 0 Å². The second kappa shape index (κ2) is 14.8. The van der Waals surface area contributed by atoms with Crippen molar-refractivity contribution in [3.63, 3.8) is 0 Å². The molecular weight excluding hydrogens is 262 g/mol. The molecule has 4 heteroatoms. The van der Waals surface area contributed by atoms with Crippen LogP contribution in [0.4, 0.5) is 0 Å². The highest BCUT2D eigenvalue weighted by atomic mass is 16.5. The standard InChI is InChI=1S/C15H33N3O.C2H6/c1-4-16-13-15-7-5-6-9-18(15)10-12-19-11-8-17-14(2)3;1-2/h14-17H,4-13H2,1-3H3;1-2H3. The van der Waals surface area contributed by atoms with Crippen molar-refractivity contribution < 1.29 is 4.74 Å². The van der Waals surface area contributed by atoms with Crippen LogP contribution in [0.1, 0.15) is 53.9 Å². The summed E-state index contributed by atoms with van der Waals surface area (Å²) in [5, 5.41) is 6.85. The summed E-state index contributed by atoms with van der Waals surface area (Å²) in [6, 6.07) is 1.27. The first-order chi connectivity index (χ1) is 10.2. The minimum absolute atomic E-state index is 0.551. The molecule has 0 saturated carbocycles. The maximum absolute atomic E-state index is 5.72. The van der Waals surface area contributed by atoms with Crippen LogP contribution in [0.15, 0.2) is 0 Å². The predicted octanol–water partition coefficient (Wildman–Crippen LogP) is 2.49. The summed E-state index contributed by atoms with van der Waals surface area (Å²) in [6.07, 6.45) is 4.06. The maximum atomic E-state index is 5.72. The number of nitrogens with zero attached hydrogens (tertiary/aromatic N) is 1. The smallest absolute Gasteiger partial charge is 0.0594 e. The van der Waals surface area contributed by atoms with Crippen molar-refractivity contribution in [2.24, 2.45) is 0 Å². The third kappa shape index (κ3) is 11.1. The SMILES string of the molecule is CC.CCNCC1CCCCN1CCOCCNC(C)C. The van der Waals surface area contributed by atoms with Gasteiger partial charge in [0.15, 0.2) is 0 Å². The van der Waals surface area contributed by atoms with Gasteiger partial charge in [0, 0.05) is 31.7 Å². The Bertz CT molecular complexity index is 212.